The van der Waals surface area contributed by atoms with Gasteiger partial charge in [0.15, 0.2) is 0 Å². The van der Waals surface area contributed by atoms with E-state index in [1.807, 2.05) is 12.3 Å². The Labute approximate surface area is 320 Å². The van der Waals surface area contributed by atoms with E-state index in [1.165, 1.54) is 50.1 Å². The van der Waals surface area contributed by atoms with Gasteiger partial charge in [-0.1, -0.05) is 91.8 Å². The molecule has 5 aromatic carbocycles. The number of rotatable bonds is 6. The number of ether oxygens (including phenoxy) is 1. The minimum absolute atomic E-state index is 0.0520. The van der Waals surface area contributed by atoms with Gasteiger partial charge in [-0.05, 0) is 119 Å². The molecule has 7 aromatic rings. The summed E-state index contributed by atoms with van der Waals surface area (Å²) in [4.78, 5) is 9.77. The average molecular weight is 713 g/mol. The second kappa shape index (κ2) is 12.8. The van der Waals surface area contributed by atoms with Crippen LogP contribution in [0.3, 0.4) is 0 Å². The fourth-order valence-corrected chi connectivity index (χ4v) is 7.57. The first-order chi connectivity index (χ1) is 25.6. The summed E-state index contributed by atoms with van der Waals surface area (Å²) >= 11 is 0. The van der Waals surface area contributed by atoms with Crippen molar-refractivity contribution >= 4 is 44.6 Å². The second-order valence-corrected chi connectivity index (χ2v) is 17.6. The van der Waals surface area contributed by atoms with E-state index in [0.717, 1.165) is 34.0 Å². The zero-order chi connectivity index (χ0) is 38.2. The van der Waals surface area contributed by atoms with Gasteiger partial charge in [0.2, 0.25) is 0 Å². The van der Waals surface area contributed by atoms with Gasteiger partial charge < -0.3 is 14.5 Å². The molecule has 0 spiro atoms. The molecule has 8 rings (SSSR count). The highest BCUT2D eigenvalue weighted by Gasteiger charge is 2.35. The van der Waals surface area contributed by atoms with Crippen molar-refractivity contribution in [2.24, 2.45) is 5.41 Å². The van der Waals surface area contributed by atoms with E-state index >= 15 is 0 Å². The minimum atomic E-state index is -0.0520. The first-order valence-electron chi connectivity index (χ1n) is 19.1. The smallest absolute Gasteiger partial charge is 0.137 e. The Morgan fingerprint density at radius 3 is 1.87 bits per heavy atom. The number of nitrogens with zero attached hydrogens (tertiary/aromatic N) is 4. The summed E-state index contributed by atoms with van der Waals surface area (Å²) in [6, 6.07) is 41.6. The maximum Gasteiger partial charge on any atom is 0.137 e. The van der Waals surface area contributed by atoms with Crippen LogP contribution in [0.5, 0.6) is 11.5 Å². The molecule has 0 radical (unpaired) electrons. The molecule has 0 unspecified atom stereocenters. The molecule has 0 aliphatic carbocycles. The number of hydrogen-bond acceptors (Lipinski definition) is 4. The molecule has 1 aliphatic heterocycles. The van der Waals surface area contributed by atoms with Gasteiger partial charge in [0.1, 0.15) is 24.0 Å². The van der Waals surface area contributed by atoms with Crippen LogP contribution in [0.2, 0.25) is 0 Å². The second-order valence-electron chi connectivity index (χ2n) is 17.6. The fraction of sp³-hybridized carbons (Fsp3) is 0.286. The molecule has 0 amide bonds. The third kappa shape index (κ3) is 6.10. The van der Waals surface area contributed by atoms with Crippen molar-refractivity contribution in [3.05, 3.63) is 144 Å². The fourth-order valence-electron chi connectivity index (χ4n) is 7.57. The lowest BCUT2D eigenvalue weighted by Gasteiger charge is -2.39. The Morgan fingerprint density at radius 2 is 1.19 bits per heavy atom. The lowest BCUT2D eigenvalue weighted by Crippen LogP contribution is -2.34. The first kappa shape index (κ1) is 35.5. The topological polar surface area (TPSA) is 33.5 Å². The molecule has 54 heavy (non-hydrogen) atoms. The lowest BCUT2D eigenvalue weighted by molar-refractivity contribution is 0.225. The van der Waals surface area contributed by atoms with E-state index in [-0.39, 0.29) is 16.2 Å². The number of fused-ring (bicyclic) bond motifs is 4. The van der Waals surface area contributed by atoms with Crippen molar-refractivity contribution < 1.29 is 4.74 Å². The number of hydrogen-bond donors (Lipinski definition) is 0. The van der Waals surface area contributed by atoms with Crippen LogP contribution in [0, 0.1) is 19.3 Å². The number of aryl methyl sites for hydroxylation is 2. The minimum Gasteiger partial charge on any atom is -0.457 e. The van der Waals surface area contributed by atoms with Crippen molar-refractivity contribution in [2.45, 2.75) is 80.1 Å². The maximum absolute atomic E-state index is 6.72. The quantitative estimate of drug-likeness (QED) is 0.172. The SMILES string of the molecule is Cc1cc2c(cc1C)N(c1cccc(C(C)(C)C)c1)CN2c1cccc(Oc2ccc3c4ccccc4n(-c4cc(C(C)(C)C(C)(C)C)ccn4)c3c2)c1. The molecule has 3 heterocycles. The summed E-state index contributed by atoms with van der Waals surface area (Å²) in [7, 11) is 0. The van der Waals surface area contributed by atoms with E-state index in [4.69, 9.17) is 9.72 Å². The van der Waals surface area contributed by atoms with Crippen LogP contribution in [0.4, 0.5) is 22.7 Å². The van der Waals surface area contributed by atoms with Gasteiger partial charge in [-0.2, -0.15) is 0 Å². The molecule has 5 nitrogen and oxygen atoms in total. The largest absolute Gasteiger partial charge is 0.457 e. The van der Waals surface area contributed by atoms with Crippen LogP contribution in [-0.4, -0.2) is 16.2 Å². The Morgan fingerprint density at radius 1 is 0.556 bits per heavy atom. The van der Waals surface area contributed by atoms with Crippen LogP contribution in [-0.2, 0) is 10.8 Å². The van der Waals surface area contributed by atoms with Crippen molar-refractivity contribution in [2.75, 3.05) is 16.5 Å². The molecule has 0 bridgehead atoms. The van der Waals surface area contributed by atoms with Crippen LogP contribution < -0.4 is 14.5 Å². The van der Waals surface area contributed by atoms with Gasteiger partial charge in [-0.25, -0.2) is 4.98 Å². The normalized spacial score (nSPS) is 13.6. The molecule has 0 saturated carbocycles. The van der Waals surface area contributed by atoms with Gasteiger partial charge in [0, 0.05) is 40.5 Å². The van der Waals surface area contributed by atoms with E-state index in [9.17, 15) is 0 Å². The maximum atomic E-state index is 6.72. The van der Waals surface area contributed by atoms with Crippen molar-refractivity contribution in [3.63, 3.8) is 0 Å². The van der Waals surface area contributed by atoms with Crippen molar-refractivity contribution in [1.82, 2.24) is 9.55 Å². The number of para-hydroxylation sites is 1. The number of aromatic nitrogens is 2. The molecule has 5 heteroatoms. The van der Waals surface area contributed by atoms with E-state index in [0.29, 0.717) is 6.67 Å². The summed E-state index contributed by atoms with van der Waals surface area (Å²) < 4.78 is 9.00. The molecular weight excluding hydrogens is 661 g/mol. The molecular formula is C49H52N4O. The standard InChI is InChI=1S/C49H52N4O/c1-32-25-44-45(26-33(32)2)52(31-51(44)36-16-13-15-34(27-36)47(3,4)5)37-17-14-18-38(29-37)54-39-21-22-41-40-19-11-12-20-42(40)53(43(41)30-39)46-28-35(23-24-50-46)49(9,10)48(6,7)8/h11-30H,31H2,1-10H3. The van der Waals surface area contributed by atoms with Crippen LogP contribution in [0.1, 0.15) is 77.6 Å². The molecule has 0 saturated heterocycles. The van der Waals surface area contributed by atoms with Gasteiger partial charge in [0.25, 0.3) is 0 Å². The zero-order valence-electron chi connectivity index (χ0n) is 33.5. The molecule has 0 atom stereocenters. The van der Waals surface area contributed by atoms with E-state index < -0.39 is 0 Å². The summed E-state index contributed by atoms with van der Waals surface area (Å²) in [6.07, 6.45) is 1.95. The predicted molar refractivity (Wildman–Crippen MR) is 228 cm³/mol. The molecule has 0 fully saturated rings. The van der Waals surface area contributed by atoms with Gasteiger partial charge in [0.05, 0.1) is 22.4 Å². The lowest BCUT2D eigenvalue weighted by atomic mass is 9.65. The number of pyridine rings is 1. The first-order valence-corrected chi connectivity index (χ1v) is 19.1. The highest BCUT2D eigenvalue weighted by molar-refractivity contribution is 6.09. The Balaban J connectivity index is 1.17. The predicted octanol–water partition coefficient (Wildman–Crippen LogP) is 13.5. The number of benzene rings is 5. The highest BCUT2D eigenvalue weighted by Crippen LogP contribution is 2.47. The average Bonchev–Trinajstić information content (AvgIpc) is 3.66. The van der Waals surface area contributed by atoms with Crippen LogP contribution >= 0.6 is 0 Å². The molecule has 2 aromatic heterocycles. The Hall–Kier alpha value is -5.55. The Kier molecular flexibility index (Phi) is 8.41. The molecule has 1 aliphatic rings. The highest BCUT2D eigenvalue weighted by atomic mass is 16.5. The van der Waals surface area contributed by atoms with Crippen LogP contribution in [0.25, 0.3) is 27.6 Å². The molecule has 274 valence electrons. The summed E-state index contributed by atoms with van der Waals surface area (Å²) in [5, 5.41) is 2.36. The summed E-state index contributed by atoms with van der Waals surface area (Å²) in [5.74, 6) is 2.48. The van der Waals surface area contributed by atoms with Crippen molar-refractivity contribution in [3.8, 4) is 17.3 Å². The molecule has 0 N–H and O–H groups in total. The Bertz CT molecular complexity index is 2540. The third-order valence-corrected chi connectivity index (χ3v) is 12.1. The summed E-state index contributed by atoms with van der Waals surface area (Å²) in [5.41, 5.74) is 12.2. The van der Waals surface area contributed by atoms with Gasteiger partial charge in [-0.15, -0.1) is 0 Å². The summed E-state index contributed by atoms with van der Waals surface area (Å²) in [6.45, 7) is 23.5. The van der Waals surface area contributed by atoms with E-state index in [1.54, 1.807) is 0 Å². The van der Waals surface area contributed by atoms with Crippen LogP contribution in [0.15, 0.2) is 121 Å². The third-order valence-electron chi connectivity index (χ3n) is 12.1. The van der Waals surface area contributed by atoms with Gasteiger partial charge in [-0.3, -0.25) is 4.57 Å². The van der Waals surface area contributed by atoms with E-state index in [2.05, 4.69) is 193 Å². The zero-order valence-corrected chi connectivity index (χ0v) is 33.5. The van der Waals surface area contributed by atoms with Crippen molar-refractivity contribution in [1.29, 1.82) is 0 Å². The monoisotopic (exact) mass is 712 g/mol. The van der Waals surface area contributed by atoms with Gasteiger partial charge >= 0.3 is 0 Å². The number of anilines is 4.